The van der Waals surface area contributed by atoms with Gasteiger partial charge in [-0.25, -0.2) is 4.79 Å². The Kier molecular flexibility index (Phi) is 4.09. The molecule has 4 heterocycles. The number of ether oxygens (including phenoxy) is 1. The van der Waals surface area contributed by atoms with Crippen LogP contribution in [0.15, 0.2) is 41.9 Å². The number of hydrogen-bond donors (Lipinski definition) is 0. The zero-order chi connectivity index (χ0) is 19.3. The summed E-state index contributed by atoms with van der Waals surface area (Å²) in [6.07, 6.45) is 8.12. The zero-order valence-electron chi connectivity index (χ0n) is 16.2. The number of pyridine rings is 1. The van der Waals surface area contributed by atoms with Crippen molar-refractivity contribution in [3.8, 4) is 0 Å². The van der Waals surface area contributed by atoms with Gasteiger partial charge in [0.05, 0.1) is 6.04 Å². The first-order valence-corrected chi connectivity index (χ1v) is 9.37. The van der Waals surface area contributed by atoms with E-state index in [9.17, 15) is 9.59 Å². The van der Waals surface area contributed by atoms with Crippen LogP contribution in [0.25, 0.3) is 6.08 Å². The van der Waals surface area contributed by atoms with Crippen molar-refractivity contribution in [1.82, 2.24) is 14.8 Å². The van der Waals surface area contributed by atoms with E-state index in [2.05, 4.69) is 11.1 Å². The summed E-state index contributed by atoms with van der Waals surface area (Å²) in [6.45, 7) is 8.09. The van der Waals surface area contributed by atoms with Crippen molar-refractivity contribution >= 4 is 18.1 Å². The fraction of sp³-hybridized carbons (Fsp3) is 0.476. The number of carbonyl (C=O) groups excluding carboxylic acids is 2. The fourth-order valence-corrected chi connectivity index (χ4v) is 4.28. The van der Waals surface area contributed by atoms with E-state index in [1.54, 1.807) is 17.3 Å². The number of likely N-dealkylation sites (tertiary alicyclic amines) is 1. The lowest BCUT2D eigenvalue weighted by molar-refractivity contribution is -0.151. The van der Waals surface area contributed by atoms with E-state index in [4.69, 9.17) is 4.74 Å². The van der Waals surface area contributed by atoms with Gasteiger partial charge in [-0.2, -0.15) is 0 Å². The molecule has 2 fully saturated rings. The smallest absolute Gasteiger partial charge is 0.411 e. The van der Waals surface area contributed by atoms with Crippen LogP contribution in [0.5, 0.6) is 0 Å². The van der Waals surface area contributed by atoms with Gasteiger partial charge < -0.3 is 9.64 Å². The van der Waals surface area contributed by atoms with Crippen LogP contribution in [0, 0.1) is 5.92 Å². The molecule has 0 N–H and O–H groups in total. The van der Waals surface area contributed by atoms with Crippen molar-refractivity contribution < 1.29 is 14.3 Å². The first kappa shape index (κ1) is 17.8. The highest BCUT2D eigenvalue weighted by molar-refractivity contribution is 5.95. The lowest BCUT2D eigenvalue weighted by Crippen LogP contribution is -2.68. The molecule has 0 bridgehead atoms. The number of carbonyl (C=O) groups is 2. The van der Waals surface area contributed by atoms with E-state index < -0.39 is 5.60 Å². The average Bonchev–Trinajstić information content (AvgIpc) is 2.95. The molecule has 0 saturated carbocycles. The normalized spacial score (nSPS) is 27.1. The van der Waals surface area contributed by atoms with E-state index in [1.165, 1.54) is 0 Å². The summed E-state index contributed by atoms with van der Waals surface area (Å²) < 4.78 is 5.51. The molecule has 4 rings (SSSR count). The standard InChI is InChI=1S/C21H25N3O3/c1-13-15(6-5-14-7-9-22-10-8-14)11-16-12-23(20(26)27-21(2,3)4)18-17(16)24(13)19(18)25/h5-10,16-18H,11-12H2,1-4H3/b6-5+/t16?,17-,18?/m1/s1. The van der Waals surface area contributed by atoms with Crippen molar-refractivity contribution in [3.63, 3.8) is 0 Å². The Balaban J connectivity index is 1.54. The van der Waals surface area contributed by atoms with E-state index in [0.29, 0.717) is 6.54 Å². The molecule has 0 spiro atoms. The lowest BCUT2D eigenvalue weighted by Gasteiger charge is -2.50. The Morgan fingerprint density at radius 1 is 1.26 bits per heavy atom. The van der Waals surface area contributed by atoms with Crippen molar-refractivity contribution in [2.24, 2.45) is 5.92 Å². The minimum absolute atomic E-state index is 0.000343. The second-order valence-electron chi connectivity index (χ2n) is 8.47. The maximum atomic E-state index is 12.8. The topological polar surface area (TPSA) is 62.7 Å². The van der Waals surface area contributed by atoms with Gasteiger partial charge in [0.2, 0.25) is 0 Å². The molecular weight excluding hydrogens is 342 g/mol. The van der Waals surface area contributed by atoms with Gasteiger partial charge in [-0.15, -0.1) is 0 Å². The maximum absolute atomic E-state index is 12.8. The Bertz CT molecular complexity index is 838. The predicted molar refractivity (Wildman–Crippen MR) is 101 cm³/mol. The molecule has 2 saturated heterocycles. The van der Waals surface area contributed by atoms with Gasteiger partial charge in [-0.1, -0.05) is 12.2 Å². The van der Waals surface area contributed by atoms with Gasteiger partial charge in [-0.05, 0) is 57.4 Å². The van der Waals surface area contributed by atoms with Crippen molar-refractivity contribution in [2.45, 2.75) is 51.8 Å². The van der Waals surface area contributed by atoms with Crippen LogP contribution in [0.1, 0.15) is 39.7 Å². The number of hydrogen-bond acceptors (Lipinski definition) is 4. The molecule has 1 aromatic rings. The molecule has 27 heavy (non-hydrogen) atoms. The summed E-state index contributed by atoms with van der Waals surface area (Å²) in [6, 6.07) is 3.61. The van der Waals surface area contributed by atoms with Crippen LogP contribution < -0.4 is 0 Å². The van der Waals surface area contributed by atoms with Crippen molar-refractivity contribution in [2.75, 3.05) is 6.54 Å². The van der Waals surface area contributed by atoms with Crippen molar-refractivity contribution in [1.29, 1.82) is 0 Å². The second kappa shape index (κ2) is 6.22. The number of rotatable bonds is 2. The van der Waals surface area contributed by atoms with E-state index in [0.717, 1.165) is 23.3 Å². The number of aromatic nitrogens is 1. The Hall–Kier alpha value is -2.63. The second-order valence-corrected chi connectivity index (χ2v) is 8.47. The van der Waals surface area contributed by atoms with Crippen LogP contribution in [-0.2, 0) is 9.53 Å². The van der Waals surface area contributed by atoms with Gasteiger partial charge in [0, 0.05) is 30.6 Å². The van der Waals surface area contributed by atoms with Gasteiger partial charge in [0.25, 0.3) is 5.91 Å². The highest BCUT2D eigenvalue weighted by Crippen LogP contribution is 2.47. The molecule has 0 radical (unpaired) electrons. The van der Waals surface area contributed by atoms with Gasteiger partial charge in [0.15, 0.2) is 0 Å². The minimum atomic E-state index is -0.566. The Morgan fingerprint density at radius 2 is 1.96 bits per heavy atom. The first-order chi connectivity index (χ1) is 12.8. The number of amides is 2. The van der Waals surface area contributed by atoms with Crippen molar-refractivity contribution in [3.05, 3.63) is 47.4 Å². The fourth-order valence-electron chi connectivity index (χ4n) is 4.28. The zero-order valence-corrected chi connectivity index (χ0v) is 16.2. The van der Waals surface area contributed by atoms with Crippen LogP contribution in [-0.4, -0.2) is 51.0 Å². The summed E-state index contributed by atoms with van der Waals surface area (Å²) in [7, 11) is 0. The molecule has 3 atom stereocenters. The highest BCUT2D eigenvalue weighted by Gasteiger charge is 2.62. The Labute approximate surface area is 159 Å². The number of allylic oxidation sites excluding steroid dienone is 3. The van der Waals surface area contributed by atoms with Gasteiger partial charge in [0.1, 0.15) is 11.6 Å². The molecule has 3 aliphatic rings. The van der Waals surface area contributed by atoms with Crippen LogP contribution in [0.3, 0.4) is 0 Å². The van der Waals surface area contributed by atoms with E-state index in [-0.39, 0.29) is 30.0 Å². The molecule has 6 heteroatoms. The van der Waals surface area contributed by atoms with Gasteiger partial charge >= 0.3 is 6.09 Å². The lowest BCUT2D eigenvalue weighted by atomic mass is 9.79. The van der Waals surface area contributed by atoms with E-state index in [1.807, 2.05) is 50.8 Å². The van der Waals surface area contributed by atoms with Crippen LogP contribution >= 0.6 is 0 Å². The maximum Gasteiger partial charge on any atom is 0.411 e. The summed E-state index contributed by atoms with van der Waals surface area (Å²) in [5.74, 6) is 0.251. The largest absolute Gasteiger partial charge is 0.444 e. The third-order valence-corrected chi connectivity index (χ3v) is 5.48. The average molecular weight is 367 g/mol. The summed E-state index contributed by atoms with van der Waals surface area (Å²) in [5, 5.41) is 0. The monoisotopic (exact) mass is 367 g/mol. The molecule has 2 amide bonds. The number of β-lactam (4-membered cyclic amide) rings is 1. The van der Waals surface area contributed by atoms with E-state index >= 15 is 0 Å². The summed E-state index contributed by atoms with van der Waals surface area (Å²) in [4.78, 5) is 32.9. The molecule has 6 nitrogen and oxygen atoms in total. The quantitative estimate of drug-likeness (QED) is 0.753. The first-order valence-electron chi connectivity index (χ1n) is 9.37. The molecule has 0 aliphatic carbocycles. The third kappa shape index (κ3) is 3.03. The third-order valence-electron chi connectivity index (χ3n) is 5.48. The minimum Gasteiger partial charge on any atom is -0.444 e. The highest BCUT2D eigenvalue weighted by atomic mass is 16.6. The van der Waals surface area contributed by atoms with Gasteiger partial charge in [-0.3, -0.25) is 14.7 Å². The molecule has 0 aromatic carbocycles. The predicted octanol–water partition coefficient (Wildman–Crippen LogP) is 3.22. The molecule has 2 unspecified atom stereocenters. The SMILES string of the molecule is CC1=C(/C=C/c2ccncc2)CC2CN(C(=O)OC(C)(C)C)C3C(=O)N1[C@H]23. The molecule has 3 aliphatic heterocycles. The molecule has 142 valence electrons. The Morgan fingerprint density at radius 3 is 2.63 bits per heavy atom. The number of nitrogens with zero attached hydrogens (tertiary/aromatic N) is 3. The summed E-state index contributed by atoms with van der Waals surface area (Å²) >= 11 is 0. The molecular formula is C21H25N3O3. The molecule has 1 aromatic heterocycles. The van der Waals surface area contributed by atoms with Crippen LogP contribution in [0.2, 0.25) is 0 Å². The summed E-state index contributed by atoms with van der Waals surface area (Å²) in [5.41, 5.74) is 2.64. The van der Waals surface area contributed by atoms with Crippen LogP contribution in [0.4, 0.5) is 4.79 Å².